The van der Waals surface area contributed by atoms with Gasteiger partial charge in [0.15, 0.2) is 6.67 Å². The van der Waals surface area contributed by atoms with E-state index in [0.717, 1.165) is 43.2 Å². The molecule has 2 saturated heterocycles. The molecule has 1 aromatic rings. The number of hydrogen-bond donors (Lipinski definition) is 0. The quantitative estimate of drug-likeness (QED) is 0.770. The van der Waals surface area contributed by atoms with Crippen LogP contribution in [0.5, 0.6) is 0 Å². The van der Waals surface area contributed by atoms with Crippen LogP contribution in [0.2, 0.25) is 5.02 Å². The molecule has 3 heterocycles. The van der Waals surface area contributed by atoms with Crippen molar-refractivity contribution < 1.29 is 4.79 Å². The molecule has 6 heteroatoms. The summed E-state index contributed by atoms with van der Waals surface area (Å²) in [7, 11) is 0. The molecule has 0 aliphatic carbocycles. The zero-order valence-electron chi connectivity index (χ0n) is 15.2. The summed E-state index contributed by atoms with van der Waals surface area (Å²) in [6.07, 6.45) is 4.09. The van der Waals surface area contributed by atoms with E-state index >= 15 is 0 Å². The van der Waals surface area contributed by atoms with Gasteiger partial charge >= 0.3 is 0 Å². The summed E-state index contributed by atoms with van der Waals surface area (Å²) in [6.45, 7) is 9.24. The molecular formula is C20H25ClN4O. The molecule has 0 N–H and O–H groups in total. The maximum absolute atomic E-state index is 12.3. The van der Waals surface area contributed by atoms with Crippen molar-refractivity contribution in [3.8, 4) is 0 Å². The number of halogens is 1. The van der Waals surface area contributed by atoms with Gasteiger partial charge in [-0.15, -0.1) is 0 Å². The van der Waals surface area contributed by atoms with Crippen molar-refractivity contribution in [3.05, 3.63) is 41.5 Å². The minimum atomic E-state index is -0.00797. The molecule has 138 valence electrons. The summed E-state index contributed by atoms with van der Waals surface area (Å²) in [5.41, 5.74) is 1.96. The Balaban J connectivity index is 1.48. The number of benzene rings is 1. The molecule has 4 rings (SSSR count). The Hall–Kier alpha value is -1.59. The van der Waals surface area contributed by atoms with E-state index in [4.69, 9.17) is 16.7 Å². The van der Waals surface area contributed by atoms with E-state index in [1.807, 2.05) is 34.2 Å². The predicted octanol–water partition coefficient (Wildman–Crippen LogP) is 3.08. The van der Waals surface area contributed by atoms with Gasteiger partial charge in [0.05, 0.1) is 18.3 Å². The van der Waals surface area contributed by atoms with Crippen molar-refractivity contribution in [1.82, 2.24) is 14.8 Å². The number of hydrogen-bond acceptors (Lipinski definition) is 4. The summed E-state index contributed by atoms with van der Waals surface area (Å²) >= 11 is 6.03. The largest absolute Gasteiger partial charge is 0.332 e. The van der Waals surface area contributed by atoms with Crippen LogP contribution >= 0.6 is 11.6 Å². The smallest absolute Gasteiger partial charge is 0.223 e. The molecule has 0 aromatic heterocycles. The molecule has 0 spiro atoms. The highest BCUT2D eigenvalue weighted by atomic mass is 35.5. The van der Waals surface area contributed by atoms with Crippen LogP contribution in [0.25, 0.3) is 0 Å². The van der Waals surface area contributed by atoms with Gasteiger partial charge in [-0.3, -0.25) is 14.7 Å². The number of carbonyl (C=O) groups is 1. The first-order valence-electron chi connectivity index (χ1n) is 9.56. The fraction of sp³-hybridized carbons (Fsp3) is 0.550. The Morgan fingerprint density at radius 3 is 2.65 bits per heavy atom. The van der Waals surface area contributed by atoms with Crippen LogP contribution in [-0.4, -0.2) is 58.6 Å². The van der Waals surface area contributed by atoms with E-state index in [2.05, 4.69) is 18.5 Å². The van der Waals surface area contributed by atoms with Gasteiger partial charge in [-0.05, 0) is 30.9 Å². The second-order valence-corrected chi connectivity index (χ2v) is 7.88. The first-order chi connectivity index (χ1) is 12.6. The van der Waals surface area contributed by atoms with Gasteiger partial charge in [0.1, 0.15) is 0 Å². The Bertz CT molecular complexity index is 684. The lowest BCUT2D eigenvalue weighted by Crippen LogP contribution is -2.48. The van der Waals surface area contributed by atoms with Gasteiger partial charge in [0.2, 0.25) is 5.91 Å². The van der Waals surface area contributed by atoms with Crippen molar-refractivity contribution in [2.75, 3.05) is 26.2 Å². The summed E-state index contributed by atoms with van der Waals surface area (Å²) in [4.78, 5) is 16.5. The highest BCUT2D eigenvalue weighted by molar-refractivity contribution is 6.30. The number of likely N-dealkylation sites (tertiary alicyclic amines) is 2. The van der Waals surface area contributed by atoms with Gasteiger partial charge in [0.25, 0.3) is 0 Å². The van der Waals surface area contributed by atoms with Crippen molar-refractivity contribution in [1.29, 1.82) is 0 Å². The van der Waals surface area contributed by atoms with Crippen LogP contribution in [0, 0.1) is 12.6 Å². The van der Waals surface area contributed by atoms with Crippen LogP contribution in [0.15, 0.2) is 29.4 Å². The van der Waals surface area contributed by atoms with Crippen LogP contribution in [0.1, 0.15) is 38.2 Å². The summed E-state index contributed by atoms with van der Waals surface area (Å²) in [5.74, 6) is 1.01. The van der Waals surface area contributed by atoms with Crippen molar-refractivity contribution >= 4 is 23.2 Å². The number of carbonyl (C=O) groups excluding carboxylic acids is 1. The SMILES string of the molecule is CCCC1CN([C]N2CC(N3CCCC3=O)C(c3ccc(Cl)cc3)=N2)C1. The van der Waals surface area contributed by atoms with E-state index in [1.165, 1.54) is 12.8 Å². The number of hydrazone groups is 1. The Kier molecular flexibility index (Phi) is 5.18. The van der Waals surface area contributed by atoms with Crippen molar-refractivity contribution in [3.63, 3.8) is 0 Å². The molecule has 3 aliphatic heterocycles. The second-order valence-electron chi connectivity index (χ2n) is 7.44. The fourth-order valence-electron chi connectivity index (χ4n) is 4.07. The van der Waals surface area contributed by atoms with E-state index in [0.29, 0.717) is 18.0 Å². The monoisotopic (exact) mass is 372 g/mol. The zero-order valence-corrected chi connectivity index (χ0v) is 16.0. The van der Waals surface area contributed by atoms with Gasteiger partial charge < -0.3 is 4.90 Å². The molecule has 3 aliphatic rings. The minimum absolute atomic E-state index is 0.00797. The van der Waals surface area contributed by atoms with E-state index in [1.54, 1.807) is 0 Å². The number of rotatable bonds is 6. The lowest BCUT2D eigenvalue weighted by atomic mass is 9.96. The molecule has 5 nitrogen and oxygen atoms in total. The molecule has 1 aromatic carbocycles. The molecule has 2 fully saturated rings. The molecule has 1 atom stereocenters. The third kappa shape index (κ3) is 3.60. The van der Waals surface area contributed by atoms with Crippen LogP contribution in [-0.2, 0) is 4.79 Å². The van der Waals surface area contributed by atoms with Crippen LogP contribution in [0.4, 0.5) is 0 Å². The number of nitrogens with zero attached hydrogens (tertiary/aromatic N) is 4. The molecule has 1 unspecified atom stereocenters. The molecule has 0 saturated carbocycles. The standard InChI is InChI=1S/C20H25ClN4O/c1-2-4-15-11-23(12-15)14-24-13-18(25-10-3-5-19(25)26)20(22-24)16-6-8-17(21)9-7-16/h6-9,15,18H,2-5,10-13H2,1H3. The van der Waals surface area contributed by atoms with E-state index in [9.17, 15) is 4.79 Å². The van der Waals surface area contributed by atoms with Gasteiger partial charge in [-0.2, -0.15) is 5.10 Å². The average Bonchev–Trinajstić information content (AvgIpc) is 3.19. The Morgan fingerprint density at radius 1 is 1.23 bits per heavy atom. The third-order valence-corrected chi connectivity index (χ3v) is 5.68. The maximum Gasteiger partial charge on any atom is 0.223 e. The fourth-order valence-corrected chi connectivity index (χ4v) is 4.20. The minimum Gasteiger partial charge on any atom is -0.332 e. The summed E-state index contributed by atoms with van der Waals surface area (Å²) < 4.78 is 0. The average molecular weight is 373 g/mol. The van der Waals surface area contributed by atoms with Gasteiger partial charge in [0, 0.05) is 36.6 Å². The van der Waals surface area contributed by atoms with Crippen LogP contribution < -0.4 is 0 Å². The van der Waals surface area contributed by atoms with Gasteiger partial charge in [-0.1, -0.05) is 37.1 Å². The molecule has 1 amide bonds. The maximum atomic E-state index is 12.3. The molecule has 0 bridgehead atoms. The van der Waals surface area contributed by atoms with E-state index in [-0.39, 0.29) is 11.9 Å². The highest BCUT2D eigenvalue weighted by Gasteiger charge is 2.39. The van der Waals surface area contributed by atoms with Gasteiger partial charge in [-0.25, -0.2) is 0 Å². The predicted molar refractivity (Wildman–Crippen MR) is 103 cm³/mol. The lowest BCUT2D eigenvalue weighted by Gasteiger charge is -2.39. The molecule has 2 radical (unpaired) electrons. The van der Waals surface area contributed by atoms with Crippen molar-refractivity contribution in [2.45, 2.75) is 38.6 Å². The second kappa shape index (κ2) is 7.57. The summed E-state index contributed by atoms with van der Waals surface area (Å²) in [6, 6.07) is 7.72. The third-order valence-electron chi connectivity index (χ3n) is 5.43. The lowest BCUT2D eigenvalue weighted by molar-refractivity contribution is -0.128. The first-order valence-corrected chi connectivity index (χ1v) is 9.94. The van der Waals surface area contributed by atoms with Crippen LogP contribution in [0.3, 0.4) is 0 Å². The molecular weight excluding hydrogens is 348 g/mol. The first kappa shape index (κ1) is 17.8. The highest BCUT2D eigenvalue weighted by Crippen LogP contribution is 2.28. The van der Waals surface area contributed by atoms with E-state index < -0.39 is 0 Å². The normalized spacial score (nSPS) is 24.3. The topological polar surface area (TPSA) is 39.1 Å². The molecule has 26 heavy (non-hydrogen) atoms. The zero-order chi connectivity index (χ0) is 18.1. The van der Waals surface area contributed by atoms with Crippen molar-refractivity contribution in [2.24, 2.45) is 11.0 Å². The summed E-state index contributed by atoms with van der Waals surface area (Å²) in [5, 5.41) is 7.40. The number of amides is 1. The Morgan fingerprint density at radius 2 is 2.00 bits per heavy atom. The Labute approximate surface area is 160 Å².